The van der Waals surface area contributed by atoms with Crippen LogP contribution in [0.4, 0.5) is 24.5 Å². The predicted octanol–water partition coefficient (Wildman–Crippen LogP) is 4.02. The first kappa shape index (κ1) is 19.2. The highest BCUT2D eigenvalue weighted by atomic mass is 19.4. The molecule has 1 aliphatic heterocycles. The smallest absolute Gasteiger partial charge is 0.369 e. The zero-order valence-electron chi connectivity index (χ0n) is 15.3. The Morgan fingerprint density at radius 3 is 2.33 bits per heavy atom. The molecule has 2 aromatic carbocycles. The van der Waals surface area contributed by atoms with E-state index in [2.05, 4.69) is 22.2 Å². The van der Waals surface area contributed by atoms with E-state index in [1.54, 1.807) is 12.1 Å². The summed E-state index contributed by atoms with van der Waals surface area (Å²) >= 11 is 0. The van der Waals surface area contributed by atoms with E-state index in [0.717, 1.165) is 43.5 Å². The van der Waals surface area contributed by atoms with E-state index in [1.807, 2.05) is 13.0 Å². The second-order valence-electron chi connectivity index (χ2n) is 6.79. The van der Waals surface area contributed by atoms with E-state index >= 15 is 0 Å². The second-order valence-corrected chi connectivity index (χ2v) is 6.79. The van der Waals surface area contributed by atoms with Gasteiger partial charge in [-0.05, 0) is 49.9 Å². The molecule has 4 nitrogen and oxygen atoms in total. The number of hydrogen-bond acceptors (Lipinski definition) is 3. The van der Waals surface area contributed by atoms with Crippen molar-refractivity contribution in [2.24, 2.45) is 0 Å². The van der Waals surface area contributed by atoms with Crippen molar-refractivity contribution >= 4 is 17.3 Å². The number of nitrogens with zero attached hydrogens (tertiary/aromatic N) is 2. The standard InChI is InChI=1S/C20H22F3N3O/c1-14-13-15(7-8-18(14)26-11-9-25(2)10-12-26)24-19(27)16-5-3-4-6-17(16)20(21,22)23/h3-8,13H,9-12H2,1-2H3,(H,24,27). The van der Waals surface area contributed by atoms with E-state index < -0.39 is 17.6 Å². The predicted molar refractivity (Wildman–Crippen MR) is 100 cm³/mol. The zero-order valence-corrected chi connectivity index (χ0v) is 15.3. The Kier molecular flexibility index (Phi) is 5.41. The largest absolute Gasteiger partial charge is 0.417 e. The first-order valence-electron chi connectivity index (χ1n) is 8.77. The first-order valence-corrected chi connectivity index (χ1v) is 8.77. The Labute approximate surface area is 156 Å². The van der Waals surface area contributed by atoms with Crippen molar-refractivity contribution in [1.29, 1.82) is 0 Å². The lowest BCUT2D eigenvalue weighted by Gasteiger charge is -2.35. The van der Waals surface area contributed by atoms with E-state index in [0.29, 0.717) is 5.69 Å². The summed E-state index contributed by atoms with van der Waals surface area (Å²) in [4.78, 5) is 16.9. The molecule has 0 bridgehead atoms. The minimum atomic E-state index is -4.57. The molecule has 3 rings (SSSR count). The molecule has 0 aliphatic carbocycles. The van der Waals surface area contributed by atoms with Gasteiger partial charge in [-0.2, -0.15) is 13.2 Å². The van der Waals surface area contributed by atoms with Gasteiger partial charge in [0.05, 0.1) is 11.1 Å². The number of anilines is 2. The van der Waals surface area contributed by atoms with Crippen molar-refractivity contribution in [3.05, 3.63) is 59.2 Å². The monoisotopic (exact) mass is 377 g/mol. The van der Waals surface area contributed by atoms with Gasteiger partial charge in [-0.3, -0.25) is 4.79 Å². The fourth-order valence-electron chi connectivity index (χ4n) is 3.26. The lowest BCUT2D eigenvalue weighted by atomic mass is 10.1. The van der Waals surface area contributed by atoms with Crippen LogP contribution in [0.5, 0.6) is 0 Å². The molecule has 0 atom stereocenters. The van der Waals surface area contributed by atoms with Crippen molar-refractivity contribution in [3.63, 3.8) is 0 Å². The summed E-state index contributed by atoms with van der Waals surface area (Å²) < 4.78 is 39.3. The van der Waals surface area contributed by atoms with Crippen LogP contribution in [0.15, 0.2) is 42.5 Å². The van der Waals surface area contributed by atoms with Crippen LogP contribution < -0.4 is 10.2 Å². The average Bonchev–Trinajstić information content (AvgIpc) is 2.62. The van der Waals surface area contributed by atoms with Crippen molar-refractivity contribution in [2.45, 2.75) is 13.1 Å². The van der Waals surface area contributed by atoms with Gasteiger partial charge in [-0.15, -0.1) is 0 Å². The number of halogens is 3. The summed E-state index contributed by atoms with van der Waals surface area (Å²) in [5.74, 6) is -0.769. The summed E-state index contributed by atoms with van der Waals surface area (Å²) in [7, 11) is 2.08. The third-order valence-corrected chi connectivity index (χ3v) is 4.78. The van der Waals surface area contributed by atoms with Crippen LogP contribution in [0.3, 0.4) is 0 Å². The van der Waals surface area contributed by atoms with Crippen LogP contribution in [0.2, 0.25) is 0 Å². The number of likely N-dealkylation sites (N-methyl/N-ethyl adjacent to an activating group) is 1. The highest BCUT2D eigenvalue weighted by Crippen LogP contribution is 2.32. The molecule has 144 valence electrons. The number of carbonyl (C=O) groups excluding carboxylic acids is 1. The number of nitrogens with one attached hydrogen (secondary N) is 1. The van der Waals surface area contributed by atoms with Crippen molar-refractivity contribution in [1.82, 2.24) is 4.90 Å². The number of piperazine rings is 1. The van der Waals surface area contributed by atoms with Gasteiger partial charge in [0.25, 0.3) is 5.91 Å². The Hall–Kier alpha value is -2.54. The van der Waals surface area contributed by atoms with Gasteiger partial charge in [0.1, 0.15) is 0 Å². The molecular weight excluding hydrogens is 355 g/mol. The number of rotatable bonds is 3. The molecule has 0 radical (unpaired) electrons. The lowest BCUT2D eigenvalue weighted by molar-refractivity contribution is -0.137. The van der Waals surface area contributed by atoms with Crippen LogP contribution in [-0.4, -0.2) is 44.0 Å². The quantitative estimate of drug-likeness (QED) is 0.878. The number of amides is 1. The molecule has 0 spiro atoms. The van der Waals surface area contributed by atoms with E-state index in [9.17, 15) is 18.0 Å². The van der Waals surface area contributed by atoms with Gasteiger partial charge in [0.15, 0.2) is 0 Å². The van der Waals surface area contributed by atoms with Crippen molar-refractivity contribution in [2.75, 3.05) is 43.4 Å². The molecule has 1 fully saturated rings. The fourth-order valence-corrected chi connectivity index (χ4v) is 3.26. The van der Waals surface area contributed by atoms with Crippen LogP contribution >= 0.6 is 0 Å². The fraction of sp³-hybridized carbons (Fsp3) is 0.350. The Morgan fingerprint density at radius 1 is 1.04 bits per heavy atom. The number of hydrogen-bond donors (Lipinski definition) is 1. The van der Waals surface area contributed by atoms with Gasteiger partial charge < -0.3 is 15.1 Å². The number of carbonyl (C=O) groups is 1. The molecule has 1 amide bonds. The summed E-state index contributed by atoms with van der Waals surface area (Å²) in [6.45, 7) is 5.73. The Bertz CT molecular complexity index is 827. The maximum Gasteiger partial charge on any atom is 0.417 e. The van der Waals surface area contributed by atoms with Gasteiger partial charge in [0.2, 0.25) is 0 Å². The molecule has 1 aliphatic rings. The summed E-state index contributed by atoms with van der Waals surface area (Å²) in [6, 6.07) is 10.2. The van der Waals surface area contributed by atoms with Gasteiger partial charge in [0, 0.05) is 37.6 Å². The first-order chi connectivity index (χ1) is 12.8. The van der Waals surface area contributed by atoms with E-state index in [1.165, 1.54) is 18.2 Å². The molecule has 0 aromatic heterocycles. The third-order valence-electron chi connectivity index (χ3n) is 4.78. The van der Waals surface area contributed by atoms with Gasteiger partial charge in [-0.1, -0.05) is 12.1 Å². The summed E-state index contributed by atoms with van der Waals surface area (Å²) in [5, 5.41) is 2.58. The number of benzene rings is 2. The normalized spacial score (nSPS) is 15.7. The van der Waals surface area contributed by atoms with Crippen LogP contribution in [0.1, 0.15) is 21.5 Å². The Morgan fingerprint density at radius 2 is 1.70 bits per heavy atom. The molecule has 0 unspecified atom stereocenters. The zero-order chi connectivity index (χ0) is 19.6. The van der Waals surface area contributed by atoms with Crippen LogP contribution in [-0.2, 0) is 6.18 Å². The molecule has 27 heavy (non-hydrogen) atoms. The highest BCUT2D eigenvalue weighted by Gasteiger charge is 2.34. The average molecular weight is 377 g/mol. The van der Waals surface area contributed by atoms with Gasteiger partial charge >= 0.3 is 6.18 Å². The molecule has 0 saturated carbocycles. The molecule has 1 heterocycles. The number of aryl methyl sites for hydroxylation is 1. The highest BCUT2D eigenvalue weighted by molar-refractivity contribution is 6.05. The molecule has 1 N–H and O–H groups in total. The molecule has 2 aromatic rings. The number of alkyl halides is 3. The molecule has 1 saturated heterocycles. The minimum absolute atomic E-state index is 0.384. The summed E-state index contributed by atoms with van der Waals surface area (Å²) in [5.41, 5.74) is 1.21. The minimum Gasteiger partial charge on any atom is -0.369 e. The Balaban J connectivity index is 1.77. The summed E-state index contributed by atoms with van der Waals surface area (Å²) in [6.07, 6.45) is -4.57. The maximum atomic E-state index is 13.1. The molecular formula is C20H22F3N3O. The van der Waals surface area contributed by atoms with Gasteiger partial charge in [-0.25, -0.2) is 0 Å². The van der Waals surface area contributed by atoms with E-state index in [-0.39, 0.29) is 5.56 Å². The lowest BCUT2D eigenvalue weighted by Crippen LogP contribution is -2.44. The maximum absolute atomic E-state index is 13.1. The topological polar surface area (TPSA) is 35.6 Å². The van der Waals surface area contributed by atoms with Crippen molar-refractivity contribution < 1.29 is 18.0 Å². The molecule has 7 heteroatoms. The second kappa shape index (κ2) is 7.60. The SMILES string of the molecule is Cc1cc(NC(=O)c2ccccc2C(F)(F)F)ccc1N1CCN(C)CC1. The third kappa shape index (κ3) is 4.42. The van der Waals surface area contributed by atoms with E-state index in [4.69, 9.17) is 0 Å². The van der Waals surface area contributed by atoms with Crippen molar-refractivity contribution in [3.8, 4) is 0 Å². The van der Waals surface area contributed by atoms with Crippen LogP contribution in [0, 0.1) is 6.92 Å². The van der Waals surface area contributed by atoms with Crippen LogP contribution in [0.25, 0.3) is 0 Å².